The highest BCUT2D eigenvalue weighted by Gasteiger charge is 2.41. The van der Waals surface area contributed by atoms with Gasteiger partial charge < -0.3 is 15.0 Å². The van der Waals surface area contributed by atoms with Crippen molar-refractivity contribution in [1.29, 1.82) is 0 Å². The molecule has 5 nitrogen and oxygen atoms in total. The second-order valence-corrected chi connectivity index (χ2v) is 9.20. The Balaban J connectivity index is 1.78. The van der Waals surface area contributed by atoms with E-state index in [2.05, 4.69) is 36.2 Å². The van der Waals surface area contributed by atoms with E-state index in [4.69, 9.17) is 16.3 Å². The first-order valence-corrected chi connectivity index (χ1v) is 12.2. The second-order valence-electron chi connectivity index (χ2n) is 8.79. The van der Waals surface area contributed by atoms with Gasteiger partial charge in [-0.15, -0.1) is 0 Å². The number of hydrogen-bond acceptors (Lipinski definition) is 5. The van der Waals surface area contributed by atoms with Crippen LogP contribution in [0.4, 0.5) is 5.69 Å². The molecule has 2 aromatic rings. The van der Waals surface area contributed by atoms with Crippen molar-refractivity contribution >= 4 is 29.0 Å². The summed E-state index contributed by atoms with van der Waals surface area (Å²) < 4.78 is 5.13. The van der Waals surface area contributed by atoms with E-state index < -0.39 is 11.9 Å². The van der Waals surface area contributed by atoms with Gasteiger partial charge in [-0.25, -0.2) is 4.79 Å². The number of carbonyl (C=O) groups is 2. The molecule has 0 saturated carbocycles. The Kier molecular flexibility index (Phi) is 7.13. The number of esters is 1. The third-order valence-corrected chi connectivity index (χ3v) is 7.28. The van der Waals surface area contributed by atoms with Crippen LogP contribution in [0.25, 0.3) is 0 Å². The number of halogens is 1. The maximum atomic E-state index is 13.6. The van der Waals surface area contributed by atoms with Crippen molar-refractivity contribution in [2.24, 2.45) is 0 Å². The fraction of sp³-hybridized carbons (Fsp3) is 0.357. The number of hydrogen-bond donors (Lipinski definition) is 1. The van der Waals surface area contributed by atoms with E-state index in [1.165, 1.54) is 7.11 Å². The zero-order valence-electron chi connectivity index (χ0n) is 20.2. The number of dihydropyridines is 1. The van der Waals surface area contributed by atoms with Crippen LogP contribution in [0.2, 0.25) is 5.02 Å². The molecule has 1 aliphatic carbocycles. The molecule has 2 unspecified atom stereocenters. The minimum atomic E-state index is -0.464. The normalized spacial score (nSPS) is 20.1. The van der Waals surface area contributed by atoms with Crippen LogP contribution < -0.4 is 10.2 Å². The van der Waals surface area contributed by atoms with Crippen molar-refractivity contribution < 1.29 is 14.3 Å². The van der Waals surface area contributed by atoms with Crippen molar-refractivity contribution in [2.45, 2.75) is 45.4 Å². The molecule has 0 spiro atoms. The highest BCUT2D eigenvalue weighted by atomic mass is 35.5. The van der Waals surface area contributed by atoms with Crippen LogP contribution in [0.15, 0.2) is 71.1 Å². The average Bonchev–Trinajstić information content (AvgIpc) is 2.84. The molecule has 1 N–H and O–H groups in total. The Bertz CT molecular complexity index is 1160. The molecule has 2 aromatic carbocycles. The number of rotatable bonds is 6. The van der Waals surface area contributed by atoms with E-state index in [0.717, 1.165) is 41.3 Å². The number of methoxy groups -OCH3 is 1. The number of ketones is 1. The van der Waals surface area contributed by atoms with Gasteiger partial charge in [0.05, 0.1) is 12.7 Å². The van der Waals surface area contributed by atoms with Crippen LogP contribution in [0.3, 0.4) is 0 Å². The van der Waals surface area contributed by atoms with Gasteiger partial charge in [-0.05, 0) is 62.4 Å². The fourth-order valence-corrected chi connectivity index (χ4v) is 5.54. The summed E-state index contributed by atoms with van der Waals surface area (Å²) in [4.78, 5) is 28.7. The Morgan fingerprint density at radius 1 is 1.09 bits per heavy atom. The van der Waals surface area contributed by atoms with Crippen LogP contribution in [0, 0.1) is 0 Å². The van der Waals surface area contributed by atoms with E-state index in [-0.39, 0.29) is 11.7 Å². The van der Waals surface area contributed by atoms with Crippen molar-refractivity contribution in [3.63, 3.8) is 0 Å². The third-order valence-electron chi connectivity index (χ3n) is 6.93. The zero-order chi connectivity index (χ0) is 24.4. The molecule has 2 atom stereocenters. The molecule has 0 amide bonds. The summed E-state index contributed by atoms with van der Waals surface area (Å²) >= 11 is 6.46. The third kappa shape index (κ3) is 4.37. The maximum absolute atomic E-state index is 13.6. The Morgan fingerprint density at radius 2 is 1.76 bits per heavy atom. The van der Waals surface area contributed by atoms with Gasteiger partial charge >= 0.3 is 5.97 Å². The number of benzene rings is 2. The largest absolute Gasteiger partial charge is 0.466 e. The molecule has 0 radical (unpaired) electrons. The first-order chi connectivity index (χ1) is 16.4. The Labute approximate surface area is 206 Å². The first-order valence-electron chi connectivity index (χ1n) is 11.8. The summed E-state index contributed by atoms with van der Waals surface area (Å²) in [6.45, 7) is 7.94. The van der Waals surface area contributed by atoms with Crippen molar-refractivity contribution in [3.05, 3.63) is 87.2 Å². The van der Waals surface area contributed by atoms with E-state index in [1.54, 1.807) is 0 Å². The van der Waals surface area contributed by atoms with Gasteiger partial charge in [0, 0.05) is 53.1 Å². The highest BCUT2D eigenvalue weighted by Crippen LogP contribution is 2.46. The van der Waals surface area contributed by atoms with Crippen LogP contribution >= 0.6 is 11.6 Å². The van der Waals surface area contributed by atoms with Crippen LogP contribution in [-0.4, -0.2) is 32.0 Å². The van der Waals surface area contributed by atoms with Gasteiger partial charge in [-0.1, -0.05) is 41.9 Å². The number of allylic oxidation sites excluding steroid dienone is 3. The van der Waals surface area contributed by atoms with E-state index in [9.17, 15) is 9.59 Å². The standard InChI is InChI=1S/C28H31ClN2O3/c1-5-31(6-2)20-13-11-18(12-14-20)26-25(28(33)34-4)17(3)30-23-15-19(16-24(32)27(23)26)21-9-7-8-10-22(21)29/h7-14,19,26,30H,5-6,15-16H2,1-4H3. The second kappa shape index (κ2) is 10.1. The van der Waals surface area contributed by atoms with Gasteiger partial charge in [0.15, 0.2) is 5.78 Å². The molecule has 0 bridgehead atoms. The predicted octanol–water partition coefficient (Wildman–Crippen LogP) is 5.72. The first kappa shape index (κ1) is 24.1. The molecule has 34 heavy (non-hydrogen) atoms. The lowest BCUT2D eigenvalue weighted by molar-refractivity contribution is -0.136. The number of nitrogens with zero attached hydrogens (tertiary/aromatic N) is 1. The molecule has 2 aliphatic rings. The molecule has 0 aromatic heterocycles. The lowest BCUT2D eigenvalue weighted by atomic mass is 9.71. The van der Waals surface area contributed by atoms with Crippen LogP contribution in [-0.2, 0) is 14.3 Å². The van der Waals surface area contributed by atoms with Gasteiger partial charge in [-0.3, -0.25) is 4.79 Å². The molecule has 4 rings (SSSR count). The summed E-state index contributed by atoms with van der Waals surface area (Å²) in [7, 11) is 1.38. The molecular formula is C28H31ClN2O3. The smallest absolute Gasteiger partial charge is 0.336 e. The van der Waals surface area contributed by atoms with Gasteiger partial charge in [0.25, 0.3) is 0 Å². The van der Waals surface area contributed by atoms with Gasteiger partial charge in [-0.2, -0.15) is 0 Å². The lowest BCUT2D eigenvalue weighted by Crippen LogP contribution is -2.36. The average molecular weight is 479 g/mol. The molecule has 0 fully saturated rings. The number of Topliss-reactive ketones (excluding diaryl/α,β-unsaturated/α-hetero) is 1. The Morgan fingerprint density at radius 3 is 2.38 bits per heavy atom. The molecule has 6 heteroatoms. The molecule has 0 saturated heterocycles. The van der Waals surface area contributed by atoms with E-state index >= 15 is 0 Å². The van der Waals surface area contributed by atoms with Crippen LogP contribution in [0.1, 0.15) is 56.6 Å². The van der Waals surface area contributed by atoms with Gasteiger partial charge in [0.1, 0.15) is 0 Å². The van der Waals surface area contributed by atoms with Crippen molar-refractivity contribution in [3.8, 4) is 0 Å². The maximum Gasteiger partial charge on any atom is 0.336 e. The molecule has 1 heterocycles. The minimum Gasteiger partial charge on any atom is -0.466 e. The molecular weight excluding hydrogens is 448 g/mol. The predicted molar refractivity (Wildman–Crippen MR) is 136 cm³/mol. The Hall–Kier alpha value is -3.05. The SMILES string of the molecule is CCN(CC)c1ccc(C2C(C(=O)OC)=C(C)NC3=C2C(=O)CC(c2ccccc2Cl)C3)cc1. The van der Waals surface area contributed by atoms with Crippen LogP contribution in [0.5, 0.6) is 0 Å². The minimum absolute atomic E-state index is 0.00869. The lowest BCUT2D eigenvalue weighted by Gasteiger charge is -2.37. The number of carbonyl (C=O) groups excluding carboxylic acids is 2. The van der Waals surface area contributed by atoms with Crippen molar-refractivity contribution in [1.82, 2.24) is 5.32 Å². The topological polar surface area (TPSA) is 58.6 Å². The van der Waals surface area contributed by atoms with Crippen molar-refractivity contribution in [2.75, 3.05) is 25.1 Å². The number of anilines is 1. The molecule has 178 valence electrons. The number of nitrogens with one attached hydrogen (secondary N) is 1. The quantitative estimate of drug-likeness (QED) is 0.538. The van der Waals surface area contributed by atoms with E-state index in [1.807, 2.05) is 43.3 Å². The fourth-order valence-electron chi connectivity index (χ4n) is 5.25. The highest BCUT2D eigenvalue weighted by molar-refractivity contribution is 6.31. The van der Waals surface area contributed by atoms with Gasteiger partial charge in [0.2, 0.25) is 0 Å². The zero-order valence-corrected chi connectivity index (χ0v) is 20.9. The monoisotopic (exact) mass is 478 g/mol. The number of ether oxygens (including phenoxy) is 1. The summed E-state index contributed by atoms with van der Waals surface area (Å²) in [5.41, 5.74) is 5.73. The summed E-state index contributed by atoms with van der Waals surface area (Å²) in [6.07, 6.45) is 1.01. The molecule has 1 aliphatic heterocycles. The summed E-state index contributed by atoms with van der Waals surface area (Å²) in [5.74, 6) is -0.861. The summed E-state index contributed by atoms with van der Waals surface area (Å²) in [6, 6.07) is 15.9. The van der Waals surface area contributed by atoms with E-state index in [0.29, 0.717) is 29.0 Å². The summed E-state index contributed by atoms with van der Waals surface area (Å²) in [5, 5.41) is 4.04.